The topological polar surface area (TPSA) is 82.1 Å². The van der Waals surface area contributed by atoms with Crippen LogP contribution in [0.3, 0.4) is 0 Å². The highest BCUT2D eigenvalue weighted by Crippen LogP contribution is 2.56. The summed E-state index contributed by atoms with van der Waals surface area (Å²) in [5.41, 5.74) is 0.822. The molecule has 0 unspecified atom stereocenters. The van der Waals surface area contributed by atoms with Crippen molar-refractivity contribution in [2.75, 3.05) is 33.4 Å². The van der Waals surface area contributed by atoms with Crippen molar-refractivity contribution in [3.8, 4) is 11.8 Å². The molecule has 0 fully saturated rings. The van der Waals surface area contributed by atoms with E-state index in [0.29, 0.717) is 0 Å². The van der Waals surface area contributed by atoms with Gasteiger partial charge in [0.15, 0.2) is 5.31 Å². The van der Waals surface area contributed by atoms with Crippen LogP contribution in [0, 0.1) is 11.8 Å². The lowest BCUT2D eigenvalue weighted by molar-refractivity contribution is -0.138. The van der Waals surface area contributed by atoms with Crippen molar-refractivity contribution in [1.29, 1.82) is 0 Å². The molecule has 0 spiro atoms. The van der Waals surface area contributed by atoms with Crippen LogP contribution in [-0.4, -0.2) is 50.2 Å². The van der Waals surface area contributed by atoms with E-state index < -0.39 is 24.8 Å². The monoisotopic (exact) mass is 407 g/mol. The Labute approximate surface area is 166 Å². The number of hydrogen-bond acceptors (Lipinski definition) is 6. The summed E-state index contributed by atoms with van der Waals surface area (Å²) < 4.78 is 28.3. The maximum Gasteiger partial charge on any atom is 0.368 e. The van der Waals surface area contributed by atoms with Gasteiger partial charge in [-0.3, -0.25) is 9.36 Å². The quantitative estimate of drug-likeness (QED) is 0.271. The van der Waals surface area contributed by atoms with Crippen molar-refractivity contribution >= 4 is 19.5 Å². The van der Waals surface area contributed by atoms with Gasteiger partial charge in [0.25, 0.3) is 0 Å². The average molecular weight is 407 g/mol. The molecule has 8 heteroatoms. The number of esters is 1. The minimum atomic E-state index is -3.98. The Kier molecular flexibility index (Phi) is 10.3. The van der Waals surface area contributed by atoms with Gasteiger partial charge in [0, 0.05) is 18.7 Å². The smallest absolute Gasteiger partial charge is 0.368 e. The highest BCUT2D eigenvalue weighted by Gasteiger charge is 2.37. The van der Waals surface area contributed by atoms with Crippen molar-refractivity contribution in [2.45, 2.75) is 20.8 Å². The minimum Gasteiger partial charge on any atom is -0.462 e. The number of carbonyl (C=O) groups excluding carboxylic acids is 2. The van der Waals surface area contributed by atoms with E-state index >= 15 is 0 Å². The number of hydrogen-bond donors (Lipinski definition) is 0. The van der Waals surface area contributed by atoms with Crippen LogP contribution in [0.2, 0.25) is 0 Å². The predicted octanol–water partition coefficient (Wildman–Crippen LogP) is 3.21. The van der Waals surface area contributed by atoms with Gasteiger partial charge >= 0.3 is 13.6 Å². The van der Waals surface area contributed by atoms with Gasteiger partial charge in [0.1, 0.15) is 0 Å². The molecule has 0 radical (unpaired) electrons. The summed E-state index contributed by atoms with van der Waals surface area (Å²) in [6.07, 6.45) is 0.939. The Morgan fingerprint density at radius 2 is 1.68 bits per heavy atom. The molecule has 0 aliphatic heterocycles. The zero-order valence-corrected chi connectivity index (χ0v) is 17.5. The van der Waals surface area contributed by atoms with Crippen molar-refractivity contribution in [2.24, 2.45) is 0 Å². The number of ether oxygens (including phenoxy) is 1. The summed E-state index contributed by atoms with van der Waals surface area (Å²) in [6.45, 7) is 5.09. The average Bonchev–Trinajstić information content (AvgIpc) is 2.67. The van der Waals surface area contributed by atoms with Gasteiger partial charge < -0.3 is 18.7 Å². The van der Waals surface area contributed by atoms with Crippen LogP contribution < -0.4 is 0 Å². The number of nitrogens with zero attached hydrogens (tertiary/aromatic N) is 1. The van der Waals surface area contributed by atoms with Gasteiger partial charge in [-0.25, -0.2) is 4.79 Å². The molecule has 0 aromatic heterocycles. The molecule has 7 nitrogen and oxygen atoms in total. The Morgan fingerprint density at radius 3 is 2.21 bits per heavy atom. The fourth-order valence-corrected chi connectivity index (χ4v) is 3.65. The molecule has 0 aliphatic carbocycles. The molecule has 0 heterocycles. The molecule has 0 saturated heterocycles. The fourth-order valence-electron chi connectivity index (χ4n) is 2.06. The molecular weight excluding hydrogens is 381 g/mol. The molecule has 1 aromatic carbocycles. The molecular formula is C20H26NO6P. The Morgan fingerprint density at radius 1 is 1.07 bits per heavy atom. The van der Waals surface area contributed by atoms with E-state index in [2.05, 4.69) is 11.8 Å². The van der Waals surface area contributed by atoms with Gasteiger partial charge in [-0.1, -0.05) is 30.0 Å². The van der Waals surface area contributed by atoms with E-state index in [1.165, 1.54) is 11.9 Å². The van der Waals surface area contributed by atoms with Crippen molar-refractivity contribution in [1.82, 2.24) is 4.90 Å². The molecule has 28 heavy (non-hydrogen) atoms. The molecule has 0 aliphatic rings. The molecule has 0 N–H and O–H groups in total. The molecule has 1 aromatic rings. The number of likely N-dealkylation sites (N-methyl/N-ethyl adjacent to an activating group) is 1. The summed E-state index contributed by atoms with van der Waals surface area (Å²) in [7, 11) is -2.46. The third kappa shape index (κ3) is 7.32. The van der Waals surface area contributed by atoms with E-state index in [1.807, 2.05) is 30.3 Å². The van der Waals surface area contributed by atoms with E-state index in [0.717, 1.165) is 11.6 Å². The molecule has 152 valence electrons. The van der Waals surface area contributed by atoms with E-state index in [1.54, 1.807) is 20.8 Å². The number of benzene rings is 1. The fraction of sp³-hybridized carbons (Fsp3) is 0.400. The second kappa shape index (κ2) is 12.1. The normalized spacial score (nSPS) is 11.4. The molecule has 1 rings (SSSR count). The second-order valence-corrected chi connectivity index (χ2v) is 7.44. The first-order chi connectivity index (χ1) is 13.4. The van der Waals surface area contributed by atoms with Crippen molar-refractivity contribution in [3.63, 3.8) is 0 Å². The van der Waals surface area contributed by atoms with Crippen LogP contribution >= 0.6 is 7.60 Å². The predicted molar refractivity (Wildman–Crippen MR) is 107 cm³/mol. The second-order valence-electron chi connectivity index (χ2n) is 5.45. The summed E-state index contributed by atoms with van der Waals surface area (Å²) in [6, 6.07) is 9.33. The van der Waals surface area contributed by atoms with Gasteiger partial charge in [-0.05, 0) is 32.9 Å². The van der Waals surface area contributed by atoms with Gasteiger partial charge in [-0.15, -0.1) is 0 Å². The van der Waals surface area contributed by atoms with Gasteiger partial charge in [0.05, 0.1) is 26.4 Å². The van der Waals surface area contributed by atoms with Crippen molar-refractivity contribution in [3.05, 3.63) is 47.3 Å². The maximum absolute atomic E-state index is 13.0. The van der Waals surface area contributed by atoms with Crippen LogP contribution in [0.15, 0.2) is 41.7 Å². The van der Waals surface area contributed by atoms with Crippen LogP contribution in [0.5, 0.6) is 0 Å². The first-order valence-electron chi connectivity index (χ1n) is 8.95. The molecule has 1 amide bonds. The standard InChI is InChI=1S/C20H26NO6P/c1-5-25-20(23)18(28(24,26-6-2)27-7-3)16-19(22)21(4)15-11-14-17-12-9-8-10-13-17/h8-10,12-13,16H,5-7,15H2,1-4H3/b18-16+. The summed E-state index contributed by atoms with van der Waals surface area (Å²) in [5.74, 6) is 4.34. The van der Waals surface area contributed by atoms with Crippen LogP contribution in [0.25, 0.3) is 0 Å². The first-order valence-corrected chi connectivity index (χ1v) is 10.5. The number of amides is 1. The van der Waals surface area contributed by atoms with Gasteiger partial charge in [0.2, 0.25) is 5.91 Å². The minimum absolute atomic E-state index is 0.0423. The third-order valence-corrected chi connectivity index (χ3v) is 5.43. The lowest BCUT2D eigenvalue weighted by Gasteiger charge is -2.19. The Hall–Kier alpha value is -2.39. The summed E-state index contributed by atoms with van der Waals surface area (Å²) in [4.78, 5) is 26.1. The van der Waals surface area contributed by atoms with Crippen LogP contribution in [-0.2, 0) is 27.9 Å². The lowest BCUT2D eigenvalue weighted by Crippen LogP contribution is -2.26. The Balaban J connectivity index is 3.05. The molecule has 0 bridgehead atoms. The zero-order chi connectivity index (χ0) is 21.0. The van der Waals surface area contributed by atoms with Crippen molar-refractivity contribution < 1.29 is 27.9 Å². The van der Waals surface area contributed by atoms with Gasteiger partial charge in [-0.2, -0.15) is 0 Å². The van der Waals surface area contributed by atoms with Crippen LogP contribution in [0.1, 0.15) is 26.3 Å². The highest BCUT2D eigenvalue weighted by atomic mass is 31.2. The third-order valence-electron chi connectivity index (χ3n) is 3.34. The molecule has 0 atom stereocenters. The number of carbonyl (C=O) groups is 2. The first kappa shape index (κ1) is 23.6. The van der Waals surface area contributed by atoms with Crippen LogP contribution in [0.4, 0.5) is 0 Å². The zero-order valence-electron chi connectivity index (χ0n) is 16.6. The van der Waals surface area contributed by atoms with E-state index in [9.17, 15) is 14.2 Å². The lowest BCUT2D eigenvalue weighted by atomic mass is 10.2. The maximum atomic E-state index is 13.0. The van der Waals surface area contributed by atoms with E-state index in [-0.39, 0.29) is 26.4 Å². The SMILES string of the molecule is CCOC(=O)/C(=C\C(=O)N(C)CC#Cc1ccccc1)P(=O)(OCC)OCC. The molecule has 0 saturated carbocycles. The summed E-state index contributed by atoms with van der Waals surface area (Å²) >= 11 is 0. The van der Waals surface area contributed by atoms with E-state index in [4.69, 9.17) is 13.8 Å². The largest absolute Gasteiger partial charge is 0.462 e. The highest BCUT2D eigenvalue weighted by molar-refractivity contribution is 7.60. The summed E-state index contributed by atoms with van der Waals surface area (Å²) in [5, 5.41) is -0.425. The Bertz CT molecular complexity index is 784. The number of rotatable bonds is 9.